The highest BCUT2D eigenvalue weighted by Gasteiger charge is 2.05. The maximum Gasteiger partial charge on any atom is 0.233 e. The van der Waals surface area contributed by atoms with Crippen molar-refractivity contribution in [1.82, 2.24) is 5.32 Å². The normalized spacial score (nSPS) is 11.3. The number of ether oxygens (including phenoxy) is 1. The summed E-state index contributed by atoms with van der Waals surface area (Å²) in [5, 5.41) is 2.83. The molecule has 0 aliphatic heterocycles. The van der Waals surface area contributed by atoms with Crippen molar-refractivity contribution in [2.75, 3.05) is 13.7 Å². The fraction of sp³-hybridized carbons (Fsp3) is 0.462. The second-order valence-corrected chi connectivity index (χ2v) is 4.06. The van der Waals surface area contributed by atoms with E-state index >= 15 is 0 Å². The summed E-state index contributed by atoms with van der Waals surface area (Å²) in [5.74, 6) is 0.755. The molecule has 1 unspecified atom stereocenters. The lowest BCUT2D eigenvalue weighted by Crippen LogP contribution is -2.37. The number of hydrogen-bond donors (Lipinski definition) is 2. The molecule has 3 N–H and O–H groups in total. The fourth-order valence-electron chi connectivity index (χ4n) is 1.58. The number of rotatable bonds is 6. The van der Waals surface area contributed by atoms with Crippen molar-refractivity contribution in [3.05, 3.63) is 29.8 Å². The smallest absolute Gasteiger partial charge is 0.233 e. The highest BCUT2D eigenvalue weighted by Crippen LogP contribution is 2.13. The highest BCUT2D eigenvalue weighted by molar-refractivity contribution is 5.85. The molecule has 0 radical (unpaired) electrons. The predicted octanol–water partition coefficient (Wildman–Crippen LogP) is 1.51. The number of benzene rings is 1. The number of nitrogens with one attached hydrogen (secondary N) is 1. The van der Waals surface area contributed by atoms with E-state index in [1.165, 1.54) is 5.56 Å². The molecule has 0 aliphatic rings. The van der Waals surface area contributed by atoms with Crippen LogP contribution in [0.4, 0.5) is 0 Å². The van der Waals surface area contributed by atoms with E-state index in [9.17, 15) is 4.79 Å². The maximum absolute atomic E-state index is 11.1. The maximum atomic E-state index is 11.1. The molecule has 0 saturated heterocycles. The van der Waals surface area contributed by atoms with Gasteiger partial charge in [-0.3, -0.25) is 4.79 Å². The van der Waals surface area contributed by atoms with Crippen molar-refractivity contribution in [3.8, 4) is 5.75 Å². The molecule has 1 aromatic carbocycles. The monoisotopic (exact) mass is 272 g/mol. The third-order valence-electron chi connectivity index (χ3n) is 2.62. The van der Waals surface area contributed by atoms with E-state index in [0.29, 0.717) is 0 Å². The van der Waals surface area contributed by atoms with Gasteiger partial charge in [0, 0.05) is 6.04 Å². The third-order valence-corrected chi connectivity index (χ3v) is 2.62. The van der Waals surface area contributed by atoms with Crippen molar-refractivity contribution in [2.24, 2.45) is 5.73 Å². The number of hydrogen-bond acceptors (Lipinski definition) is 3. The number of methoxy groups -OCH3 is 1. The Kier molecular flexibility index (Phi) is 8.16. The lowest BCUT2D eigenvalue weighted by Gasteiger charge is -2.13. The van der Waals surface area contributed by atoms with Gasteiger partial charge < -0.3 is 15.8 Å². The lowest BCUT2D eigenvalue weighted by molar-refractivity contribution is -0.120. The number of halogens is 1. The summed E-state index contributed by atoms with van der Waals surface area (Å²) in [6.45, 7) is 2.03. The molecule has 18 heavy (non-hydrogen) atoms. The summed E-state index contributed by atoms with van der Waals surface area (Å²) in [7, 11) is 1.65. The molecule has 0 bridgehead atoms. The SMILES string of the molecule is COc1ccc(CCC(C)NC(=O)CN)cc1.Cl. The topological polar surface area (TPSA) is 64.3 Å². The van der Waals surface area contributed by atoms with Crippen molar-refractivity contribution in [2.45, 2.75) is 25.8 Å². The molecule has 1 atom stereocenters. The Morgan fingerprint density at radius 1 is 1.39 bits per heavy atom. The Morgan fingerprint density at radius 2 is 2.00 bits per heavy atom. The molecule has 102 valence electrons. The van der Waals surface area contributed by atoms with Crippen molar-refractivity contribution in [3.63, 3.8) is 0 Å². The zero-order chi connectivity index (χ0) is 12.7. The molecule has 5 heteroatoms. The van der Waals surface area contributed by atoms with Gasteiger partial charge in [0.25, 0.3) is 0 Å². The van der Waals surface area contributed by atoms with Gasteiger partial charge in [0.2, 0.25) is 5.91 Å². The van der Waals surface area contributed by atoms with Gasteiger partial charge in [-0.1, -0.05) is 12.1 Å². The first-order valence-corrected chi connectivity index (χ1v) is 5.78. The summed E-state index contributed by atoms with van der Waals surface area (Å²) < 4.78 is 5.09. The van der Waals surface area contributed by atoms with E-state index in [0.717, 1.165) is 18.6 Å². The van der Waals surface area contributed by atoms with Gasteiger partial charge >= 0.3 is 0 Å². The number of aryl methyl sites for hydroxylation is 1. The molecule has 0 spiro atoms. The van der Waals surface area contributed by atoms with Gasteiger partial charge in [-0.25, -0.2) is 0 Å². The van der Waals surface area contributed by atoms with Crippen LogP contribution in [0, 0.1) is 0 Å². The van der Waals surface area contributed by atoms with E-state index < -0.39 is 0 Å². The second-order valence-electron chi connectivity index (χ2n) is 4.06. The van der Waals surface area contributed by atoms with Crippen LogP contribution in [0.25, 0.3) is 0 Å². The second kappa shape index (κ2) is 8.78. The molecule has 1 rings (SSSR count). The van der Waals surface area contributed by atoms with Gasteiger partial charge in [0.05, 0.1) is 13.7 Å². The molecule has 0 aromatic heterocycles. The van der Waals surface area contributed by atoms with Crippen molar-refractivity contribution >= 4 is 18.3 Å². The molecule has 0 aliphatic carbocycles. The van der Waals surface area contributed by atoms with Crippen LogP contribution in [0.3, 0.4) is 0 Å². The summed E-state index contributed by atoms with van der Waals surface area (Å²) in [4.78, 5) is 11.1. The Bertz CT molecular complexity index is 355. The van der Waals surface area contributed by atoms with Gasteiger partial charge in [0.1, 0.15) is 5.75 Å². The standard InChI is InChI=1S/C13H20N2O2.ClH/c1-10(15-13(16)9-14)3-4-11-5-7-12(17-2)8-6-11;/h5-8,10H,3-4,9,14H2,1-2H3,(H,15,16);1H. The first kappa shape index (κ1) is 16.7. The number of carbonyl (C=O) groups excluding carboxylic acids is 1. The van der Waals surface area contributed by atoms with Gasteiger partial charge in [0.15, 0.2) is 0 Å². The molecule has 0 saturated carbocycles. The van der Waals surface area contributed by atoms with Crippen LogP contribution in [0.2, 0.25) is 0 Å². The molecule has 4 nitrogen and oxygen atoms in total. The average Bonchev–Trinajstić information content (AvgIpc) is 2.36. The zero-order valence-electron chi connectivity index (χ0n) is 10.8. The van der Waals surface area contributed by atoms with Gasteiger partial charge in [-0.15, -0.1) is 12.4 Å². The largest absolute Gasteiger partial charge is 0.497 e. The Morgan fingerprint density at radius 3 is 2.50 bits per heavy atom. The van der Waals surface area contributed by atoms with E-state index in [2.05, 4.69) is 5.32 Å². The Hall–Kier alpha value is -1.26. The summed E-state index contributed by atoms with van der Waals surface area (Å²) in [6, 6.07) is 8.11. The Balaban J connectivity index is 0.00000289. The summed E-state index contributed by atoms with van der Waals surface area (Å²) >= 11 is 0. The number of amides is 1. The van der Waals surface area contributed by atoms with Crippen LogP contribution in [0.15, 0.2) is 24.3 Å². The van der Waals surface area contributed by atoms with Crippen LogP contribution in [0.1, 0.15) is 18.9 Å². The molecule has 1 amide bonds. The van der Waals surface area contributed by atoms with Gasteiger partial charge in [-0.2, -0.15) is 0 Å². The quantitative estimate of drug-likeness (QED) is 0.825. The number of nitrogens with two attached hydrogens (primary N) is 1. The minimum Gasteiger partial charge on any atom is -0.497 e. The minimum atomic E-state index is -0.104. The van der Waals surface area contributed by atoms with E-state index in [1.807, 2.05) is 31.2 Å². The summed E-state index contributed by atoms with van der Waals surface area (Å²) in [6.07, 6.45) is 1.83. The fourth-order valence-corrected chi connectivity index (χ4v) is 1.58. The third kappa shape index (κ3) is 5.89. The Labute approximate surface area is 114 Å². The van der Waals surface area contributed by atoms with Crippen LogP contribution in [-0.4, -0.2) is 25.6 Å². The molecular weight excluding hydrogens is 252 g/mol. The van der Waals surface area contributed by atoms with Crippen molar-refractivity contribution in [1.29, 1.82) is 0 Å². The van der Waals surface area contributed by atoms with E-state index in [4.69, 9.17) is 10.5 Å². The zero-order valence-corrected chi connectivity index (χ0v) is 11.6. The predicted molar refractivity (Wildman–Crippen MR) is 75.2 cm³/mol. The molecule has 1 aromatic rings. The van der Waals surface area contributed by atoms with E-state index in [-0.39, 0.29) is 30.9 Å². The first-order valence-electron chi connectivity index (χ1n) is 5.78. The average molecular weight is 273 g/mol. The minimum absolute atomic E-state index is 0. The molecular formula is C13H21ClN2O2. The van der Waals surface area contributed by atoms with Crippen LogP contribution >= 0.6 is 12.4 Å². The van der Waals surface area contributed by atoms with E-state index in [1.54, 1.807) is 7.11 Å². The van der Waals surface area contributed by atoms with Crippen LogP contribution < -0.4 is 15.8 Å². The van der Waals surface area contributed by atoms with Crippen molar-refractivity contribution < 1.29 is 9.53 Å². The summed E-state index contributed by atoms with van der Waals surface area (Å²) in [5.41, 5.74) is 6.47. The lowest BCUT2D eigenvalue weighted by atomic mass is 10.1. The first-order chi connectivity index (χ1) is 8.15. The van der Waals surface area contributed by atoms with Crippen LogP contribution in [0.5, 0.6) is 5.75 Å². The molecule has 0 heterocycles. The molecule has 0 fully saturated rings. The number of carbonyl (C=O) groups is 1. The van der Waals surface area contributed by atoms with Gasteiger partial charge in [-0.05, 0) is 37.5 Å². The highest BCUT2D eigenvalue weighted by atomic mass is 35.5. The van der Waals surface area contributed by atoms with Crippen LogP contribution in [-0.2, 0) is 11.2 Å².